The fourth-order valence-corrected chi connectivity index (χ4v) is 4.54. The molecular formula is C24H20N2O6S. The lowest BCUT2D eigenvalue weighted by Gasteiger charge is -2.22. The molecule has 2 aromatic carbocycles. The number of carbonyl (C=O) groups excluding carboxylic acids is 4. The van der Waals surface area contributed by atoms with Gasteiger partial charge in [0.2, 0.25) is 0 Å². The van der Waals surface area contributed by atoms with Crippen molar-refractivity contribution in [3.05, 3.63) is 59.7 Å². The van der Waals surface area contributed by atoms with E-state index < -0.39 is 23.6 Å². The summed E-state index contributed by atoms with van der Waals surface area (Å²) in [5, 5.41) is 0. The number of anilines is 2. The molecule has 0 spiro atoms. The maximum atomic E-state index is 12.7. The average molecular weight is 464 g/mol. The predicted molar refractivity (Wildman–Crippen MR) is 123 cm³/mol. The molecule has 4 rings (SSSR count). The monoisotopic (exact) mass is 464 g/mol. The molecule has 0 unspecified atom stereocenters. The lowest BCUT2D eigenvalue weighted by Crippen LogP contribution is -2.31. The van der Waals surface area contributed by atoms with Crippen molar-refractivity contribution in [3.8, 4) is 11.5 Å². The van der Waals surface area contributed by atoms with Crippen LogP contribution in [0.1, 0.15) is 13.8 Å². The van der Waals surface area contributed by atoms with Crippen LogP contribution in [0.25, 0.3) is 0 Å². The first-order chi connectivity index (χ1) is 15.7. The van der Waals surface area contributed by atoms with Crippen LogP contribution in [-0.2, 0) is 19.2 Å². The van der Waals surface area contributed by atoms with Gasteiger partial charge in [0.05, 0.1) is 25.6 Å². The summed E-state index contributed by atoms with van der Waals surface area (Å²) in [6.45, 7) is 3.16. The molecule has 33 heavy (non-hydrogen) atoms. The Balaban J connectivity index is 1.81. The maximum Gasteiger partial charge on any atom is 0.261 e. The molecule has 0 N–H and O–H groups in total. The second kappa shape index (κ2) is 8.59. The molecule has 2 heterocycles. The molecule has 0 atom stereocenters. The Morgan fingerprint density at radius 2 is 1.06 bits per heavy atom. The molecule has 0 fully saturated rings. The van der Waals surface area contributed by atoms with Crippen LogP contribution in [0.15, 0.2) is 69.5 Å². The van der Waals surface area contributed by atoms with E-state index in [1.54, 1.807) is 50.2 Å². The first-order valence-corrected chi connectivity index (χ1v) is 10.7. The second-order valence-electron chi connectivity index (χ2n) is 7.38. The van der Waals surface area contributed by atoms with E-state index in [1.165, 1.54) is 38.1 Å². The van der Waals surface area contributed by atoms with E-state index >= 15 is 0 Å². The van der Waals surface area contributed by atoms with E-state index in [0.29, 0.717) is 43.8 Å². The number of carbonyl (C=O) groups is 4. The van der Waals surface area contributed by atoms with E-state index in [0.717, 1.165) is 9.80 Å². The lowest BCUT2D eigenvalue weighted by atomic mass is 10.2. The summed E-state index contributed by atoms with van der Waals surface area (Å²) in [5.74, 6) is -0.803. The Morgan fingerprint density at radius 1 is 0.667 bits per heavy atom. The summed E-state index contributed by atoms with van der Waals surface area (Å²) >= 11 is 1.21. The number of amides is 4. The van der Waals surface area contributed by atoms with Crippen molar-refractivity contribution >= 4 is 46.8 Å². The molecule has 0 saturated heterocycles. The SMILES string of the molecule is COc1ccc(Sc2ccc(OC)cc2N2C(=O)C=C(C)C2=O)c(N2C(=O)C=C(C)C2=O)c1. The number of hydrogen-bond donors (Lipinski definition) is 0. The van der Waals surface area contributed by atoms with Crippen LogP contribution in [0.4, 0.5) is 11.4 Å². The van der Waals surface area contributed by atoms with Crippen LogP contribution < -0.4 is 19.3 Å². The molecular weight excluding hydrogens is 444 g/mol. The van der Waals surface area contributed by atoms with Crippen molar-refractivity contribution in [2.45, 2.75) is 23.6 Å². The first-order valence-electron chi connectivity index (χ1n) is 9.92. The van der Waals surface area contributed by atoms with Crippen molar-refractivity contribution in [1.29, 1.82) is 0 Å². The zero-order valence-corrected chi connectivity index (χ0v) is 19.2. The third kappa shape index (κ3) is 3.91. The van der Waals surface area contributed by atoms with Gasteiger partial charge in [-0.1, -0.05) is 11.8 Å². The van der Waals surface area contributed by atoms with Crippen LogP contribution >= 0.6 is 11.8 Å². The zero-order valence-electron chi connectivity index (χ0n) is 18.4. The van der Waals surface area contributed by atoms with Crippen molar-refractivity contribution in [2.75, 3.05) is 24.0 Å². The summed E-state index contributed by atoms with van der Waals surface area (Å²) in [7, 11) is 2.98. The van der Waals surface area contributed by atoms with Crippen molar-refractivity contribution in [3.63, 3.8) is 0 Å². The van der Waals surface area contributed by atoms with Gasteiger partial charge in [0.1, 0.15) is 11.5 Å². The van der Waals surface area contributed by atoms with Gasteiger partial charge in [0.25, 0.3) is 23.6 Å². The standard InChI is InChI=1S/C24H20N2O6S/c1-13-9-21(27)25(23(13)29)17-11-15(31-3)5-7-19(17)33-20-8-6-16(32-4)12-18(20)26-22(28)10-14(2)24(26)30/h5-12H,1-4H3. The summed E-state index contributed by atoms with van der Waals surface area (Å²) in [6, 6.07) is 10.1. The fraction of sp³-hybridized carbons (Fsp3) is 0.167. The smallest absolute Gasteiger partial charge is 0.261 e. The summed E-state index contributed by atoms with van der Waals surface area (Å²) < 4.78 is 10.6. The van der Waals surface area contributed by atoms with Gasteiger partial charge in [0.15, 0.2) is 0 Å². The molecule has 0 bridgehead atoms. The quantitative estimate of drug-likeness (QED) is 0.604. The lowest BCUT2D eigenvalue weighted by molar-refractivity contribution is -0.121. The minimum Gasteiger partial charge on any atom is -0.497 e. The van der Waals surface area contributed by atoms with E-state index in [1.807, 2.05) is 0 Å². The van der Waals surface area contributed by atoms with Gasteiger partial charge >= 0.3 is 0 Å². The largest absolute Gasteiger partial charge is 0.497 e. The number of ether oxygens (including phenoxy) is 2. The minimum atomic E-state index is -0.452. The maximum absolute atomic E-state index is 12.7. The van der Waals surface area contributed by atoms with Gasteiger partial charge in [0, 0.05) is 45.2 Å². The van der Waals surface area contributed by atoms with E-state index in [9.17, 15) is 19.2 Å². The van der Waals surface area contributed by atoms with Gasteiger partial charge in [-0.3, -0.25) is 19.2 Å². The van der Waals surface area contributed by atoms with E-state index in [-0.39, 0.29) is 0 Å². The number of imide groups is 2. The van der Waals surface area contributed by atoms with Crippen molar-refractivity contribution in [1.82, 2.24) is 0 Å². The number of nitrogens with zero attached hydrogens (tertiary/aromatic N) is 2. The van der Waals surface area contributed by atoms with Gasteiger partial charge in [-0.2, -0.15) is 0 Å². The third-order valence-electron chi connectivity index (χ3n) is 5.24. The summed E-state index contributed by atoms with van der Waals surface area (Å²) in [6.07, 6.45) is 2.57. The molecule has 9 heteroatoms. The minimum absolute atomic E-state index is 0.332. The number of hydrogen-bond acceptors (Lipinski definition) is 7. The highest BCUT2D eigenvalue weighted by atomic mass is 32.2. The van der Waals surface area contributed by atoms with Crippen LogP contribution in [0.5, 0.6) is 11.5 Å². The highest BCUT2D eigenvalue weighted by molar-refractivity contribution is 7.99. The number of benzene rings is 2. The molecule has 0 saturated carbocycles. The van der Waals surface area contributed by atoms with Crippen LogP contribution in [0.3, 0.4) is 0 Å². The molecule has 2 aliphatic rings. The van der Waals surface area contributed by atoms with Gasteiger partial charge in [-0.05, 0) is 38.1 Å². The molecule has 168 valence electrons. The molecule has 2 aromatic rings. The highest BCUT2D eigenvalue weighted by Gasteiger charge is 2.34. The molecule has 0 aromatic heterocycles. The first kappa shape index (κ1) is 22.3. The molecule has 4 amide bonds. The molecule has 8 nitrogen and oxygen atoms in total. The second-order valence-corrected chi connectivity index (χ2v) is 8.47. The summed E-state index contributed by atoms with van der Waals surface area (Å²) in [4.78, 5) is 53.7. The average Bonchev–Trinajstić information content (AvgIpc) is 3.20. The molecule has 0 aliphatic carbocycles. The Bertz CT molecular complexity index is 1180. The van der Waals surface area contributed by atoms with E-state index in [2.05, 4.69) is 0 Å². The van der Waals surface area contributed by atoms with E-state index in [4.69, 9.17) is 9.47 Å². The third-order valence-corrected chi connectivity index (χ3v) is 6.37. The van der Waals surface area contributed by atoms with Gasteiger partial charge < -0.3 is 9.47 Å². The number of methoxy groups -OCH3 is 2. The zero-order chi connectivity index (χ0) is 23.9. The van der Waals surface area contributed by atoms with Crippen molar-refractivity contribution < 1.29 is 28.7 Å². The Morgan fingerprint density at radius 3 is 1.36 bits per heavy atom. The molecule has 0 radical (unpaired) electrons. The highest BCUT2D eigenvalue weighted by Crippen LogP contribution is 2.44. The molecule has 2 aliphatic heterocycles. The van der Waals surface area contributed by atoms with Crippen LogP contribution in [0, 0.1) is 0 Å². The van der Waals surface area contributed by atoms with Gasteiger partial charge in [-0.25, -0.2) is 9.80 Å². The Labute approximate surface area is 194 Å². The van der Waals surface area contributed by atoms with Crippen LogP contribution in [0.2, 0.25) is 0 Å². The van der Waals surface area contributed by atoms with Gasteiger partial charge in [-0.15, -0.1) is 0 Å². The Hall–Kier alpha value is -3.85. The number of rotatable bonds is 6. The predicted octanol–water partition coefficient (Wildman–Crippen LogP) is 3.49. The topological polar surface area (TPSA) is 93.2 Å². The Kier molecular flexibility index (Phi) is 5.82. The van der Waals surface area contributed by atoms with Crippen LogP contribution in [-0.4, -0.2) is 37.8 Å². The normalized spacial score (nSPS) is 15.9. The van der Waals surface area contributed by atoms with Crippen molar-refractivity contribution in [2.24, 2.45) is 0 Å². The fourth-order valence-electron chi connectivity index (χ4n) is 3.52. The summed E-state index contributed by atoms with van der Waals surface area (Å²) in [5.41, 5.74) is 1.35.